The summed E-state index contributed by atoms with van der Waals surface area (Å²) in [6.45, 7) is 3.96. The van der Waals surface area contributed by atoms with Gasteiger partial charge in [-0.15, -0.1) is 0 Å². The van der Waals surface area contributed by atoms with E-state index < -0.39 is 10.0 Å². The monoisotopic (exact) mass is 487 g/mol. The van der Waals surface area contributed by atoms with E-state index in [1.54, 1.807) is 48.4 Å². The van der Waals surface area contributed by atoms with Crippen LogP contribution in [0.15, 0.2) is 53.4 Å². The number of carbonyl (C=O) groups excluding carboxylic acids is 2. The van der Waals surface area contributed by atoms with E-state index in [0.29, 0.717) is 50.3 Å². The first kappa shape index (κ1) is 25.7. The van der Waals surface area contributed by atoms with Gasteiger partial charge in [-0.2, -0.15) is 0 Å². The van der Waals surface area contributed by atoms with E-state index in [4.69, 9.17) is 4.74 Å². The van der Waals surface area contributed by atoms with E-state index in [9.17, 15) is 18.0 Å². The van der Waals surface area contributed by atoms with Crippen LogP contribution in [0, 0.1) is 5.92 Å². The lowest BCUT2D eigenvalue weighted by Crippen LogP contribution is -2.43. The summed E-state index contributed by atoms with van der Waals surface area (Å²) in [6, 6.07) is 13.3. The fourth-order valence-electron chi connectivity index (χ4n) is 4.00. The van der Waals surface area contributed by atoms with Crippen LogP contribution in [-0.4, -0.2) is 58.5 Å². The van der Waals surface area contributed by atoms with E-state index in [0.717, 1.165) is 18.4 Å². The van der Waals surface area contributed by atoms with Crippen LogP contribution in [-0.2, 0) is 26.0 Å². The van der Waals surface area contributed by atoms with Crippen LogP contribution < -0.4 is 10.0 Å². The molecule has 0 atom stereocenters. The highest BCUT2D eigenvalue weighted by molar-refractivity contribution is 7.92. The molecular formula is C25H33N3O5S. The molecule has 2 N–H and O–H groups in total. The smallest absolute Gasteiger partial charge is 0.261 e. The Morgan fingerprint density at radius 1 is 1.09 bits per heavy atom. The molecule has 0 radical (unpaired) electrons. The minimum atomic E-state index is -3.77. The molecule has 2 aromatic carbocycles. The zero-order valence-electron chi connectivity index (χ0n) is 19.7. The molecule has 9 heteroatoms. The SMILES string of the molecule is CCCc1ccc(S(=O)(=O)Nc2cccc(C(=O)N3CCC(C(=O)NCCOC)CC3)c2)cc1. The van der Waals surface area contributed by atoms with Gasteiger partial charge in [-0.25, -0.2) is 8.42 Å². The van der Waals surface area contributed by atoms with Gasteiger partial charge in [0.2, 0.25) is 5.91 Å². The van der Waals surface area contributed by atoms with Crippen LogP contribution in [0.4, 0.5) is 5.69 Å². The molecule has 3 rings (SSSR count). The average molecular weight is 488 g/mol. The van der Waals surface area contributed by atoms with E-state index >= 15 is 0 Å². The number of hydrogen-bond acceptors (Lipinski definition) is 5. The number of piperidine rings is 1. The van der Waals surface area contributed by atoms with Crippen molar-refractivity contribution >= 4 is 27.5 Å². The molecule has 0 saturated carbocycles. The summed E-state index contributed by atoms with van der Waals surface area (Å²) < 4.78 is 33.1. The van der Waals surface area contributed by atoms with Crippen LogP contribution >= 0.6 is 0 Å². The molecule has 1 saturated heterocycles. The molecule has 1 aliphatic heterocycles. The topological polar surface area (TPSA) is 105 Å². The summed E-state index contributed by atoms with van der Waals surface area (Å²) >= 11 is 0. The first-order valence-electron chi connectivity index (χ1n) is 11.6. The summed E-state index contributed by atoms with van der Waals surface area (Å²) in [4.78, 5) is 27.1. The summed E-state index contributed by atoms with van der Waals surface area (Å²) in [6.07, 6.45) is 3.06. The molecule has 2 amide bonds. The molecule has 0 aliphatic carbocycles. The Bertz CT molecular complexity index is 1080. The second kappa shape index (κ2) is 12.0. The number of amides is 2. The van der Waals surface area contributed by atoms with Crippen LogP contribution in [0.5, 0.6) is 0 Å². The molecule has 0 bridgehead atoms. The third-order valence-electron chi connectivity index (χ3n) is 5.89. The summed E-state index contributed by atoms with van der Waals surface area (Å²) in [5, 5.41) is 2.85. The number of rotatable bonds is 10. The Morgan fingerprint density at radius 3 is 2.44 bits per heavy atom. The van der Waals surface area contributed by atoms with Crippen molar-refractivity contribution < 1.29 is 22.7 Å². The predicted octanol–water partition coefficient (Wildman–Crippen LogP) is 3.05. The third-order valence-corrected chi connectivity index (χ3v) is 7.29. The van der Waals surface area contributed by atoms with Crippen molar-refractivity contribution in [1.82, 2.24) is 10.2 Å². The Kier molecular flexibility index (Phi) is 9.06. The first-order valence-corrected chi connectivity index (χ1v) is 13.1. The molecule has 1 fully saturated rings. The van der Waals surface area contributed by atoms with Crippen LogP contribution in [0.1, 0.15) is 42.1 Å². The second-order valence-corrected chi connectivity index (χ2v) is 10.1. The summed E-state index contributed by atoms with van der Waals surface area (Å²) in [5.41, 5.74) is 1.82. The number of sulfonamides is 1. The van der Waals surface area contributed by atoms with Crippen molar-refractivity contribution in [3.05, 3.63) is 59.7 Å². The number of methoxy groups -OCH3 is 1. The quantitative estimate of drug-likeness (QED) is 0.501. The van der Waals surface area contributed by atoms with Gasteiger partial charge >= 0.3 is 0 Å². The lowest BCUT2D eigenvalue weighted by atomic mass is 9.95. The molecule has 2 aromatic rings. The van der Waals surface area contributed by atoms with E-state index in [-0.39, 0.29) is 22.6 Å². The number of aryl methyl sites for hydroxylation is 1. The van der Waals surface area contributed by atoms with Gasteiger partial charge in [0.15, 0.2) is 0 Å². The third kappa shape index (κ3) is 6.80. The molecule has 0 spiro atoms. The van der Waals surface area contributed by atoms with Crippen LogP contribution in [0.2, 0.25) is 0 Å². The first-order chi connectivity index (χ1) is 16.3. The molecule has 0 aromatic heterocycles. The summed E-state index contributed by atoms with van der Waals surface area (Å²) in [5.74, 6) is -0.311. The highest BCUT2D eigenvalue weighted by Crippen LogP contribution is 2.22. The zero-order valence-corrected chi connectivity index (χ0v) is 20.6. The van der Waals surface area contributed by atoms with Crippen molar-refractivity contribution in [2.24, 2.45) is 5.92 Å². The molecule has 0 unspecified atom stereocenters. The molecule has 1 heterocycles. The minimum absolute atomic E-state index is 0.0109. The number of likely N-dealkylation sites (tertiary alicyclic amines) is 1. The van der Waals surface area contributed by atoms with Gasteiger partial charge in [-0.3, -0.25) is 14.3 Å². The molecule has 8 nitrogen and oxygen atoms in total. The number of nitrogens with one attached hydrogen (secondary N) is 2. The standard InChI is InChI=1S/C25H33N3O5S/c1-3-5-19-8-10-23(11-9-19)34(31,32)27-22-7-4-6-21(18-22)25(30)28-15-12-20(13-16-28)24(29)26-14-17-33-2/h4,6-11,18,20,27H,3,5,12-17H2,1-2H3,(H,26,29). The molecule has 34 heavy (non-hydrogen) atoms. The Hall–Kier alpha value is -2.91. The zero-order chi connectivity index (χ0) is 24.6. The van der Waals surface area contributed by atoms with Crippen molar-refractivity contribution in [2.45, 2.75) is 37.5 Å². The van der Waals surface area contributed by atoms with Gasteiger partial charge in [-0.1, -0.05) is 31.5 Å². The van der Waals surface area contributed by atoms with Crippen molar-refractivity contribution in [3.8, 4) is 0 Å². The number of ether oxygens (including phenoxy) is 1. The maximum Gasteiger partial charge on any atom is 0.261 e. The fourth-order valence-corrected chi connectivity index (χ4v) is 5.05. The van der Waals surface area contributed by atoms with E-state index in [2.05, 4.69) is 17.0 Å². The van der Waals surface area contributed by atoms with Gasteiger partial charge in [0.05, 0.1) is 11.5 Å². The van der Waals surface area contributed by atoms with Crippen LogP contribution in [0.3, 0.4) is 0 Å². The minimum Gasteiger partial charge on any atom is -0.383 e. The van der Waals surface area contributed by atoms with Gasteiger partial charge < -0.3 is 15.0 Å². The highest BCUT2D eigenvalue weighted by Gasteiger charge is 2.28. The molecule has 184 valence electrons. The number of nitrogens with zero attached hydrogens (tertiary/aromatic N) is 1. The largest absolute Gasteiger partial charge is 0.383 e. The second-order valence-electron chi connectivity index (χ2n) is 8.43. The molecular weight excluding hydrogens is 454 g/mol. The number of carbonyl (C=O) groups is 2. The van der Waals surface area contributed by atoms with Crippen LogP contribution in [0.25, 0.3) is 0 Å². The highest BCUT2D eigenvalue weighted by atomic mass is 32.2. The van der Waals surface area contributed by atoms with Gasteiger partial charge in [-0.05, 0) is 55.2 Å². The maximum atomic E-state index is 13.0. The number of anilines is 1. The van der Waals surface area contributed by atoms with E-state index in [1.165, 1.54) is 0 Å². The van der Waals surface area contributed by atoms with Crippen molar-refractivity contribution in [2.75, 3.05) is 38.1 Å². The number of benzene rings is 2. The van der Waals surface area contributed by atoms with Gasteiger partial charge in [0, 0.05) is 43.9 Å². The number of hydrogen-bond donors (Lipinski definition) is 2. The maximum absolute atomic E-state index is 13.0. The average Bonchev–Trinajstić information content (AvgIpc) is 2.84. The van der Waals surface area contributed by atoms with Crippen molar-refractivity contribution in [1.29, 1.82) is 0 Å². The Morgan fingerprint density at radius 2 is 1.79 bits per heavy atom. The Balaban J connectivity index is 1.60. The van der Waals surface area contributed by atoms with Gasteiger partial charge in [0.1, 0.15) is 0 Å². The molecule has 1 aliphatic rings. The fraction of sp³-hybridized carbons (Fsp3) is 0.440. The summed E-state index contributed by atoms with van der Waals surface area (Å²) in [7, 11) is -2.18. The van der Waals surface area contributed by atoms with E-state index in [1.807, 2.05) is 12.1 Å². The predicted molar refractivity (Wildman–Crippen MR) is 131 cm³/mol. The van der Waals surface area contributed by atoms with Crippen molar-refractivity contribution in [3.63, 3.8) is 0 Å². The van der Waals surface area contributed by atoms with Gasteiger partial charge in [0.25, 0.3) is 15.9 Å². The lowest BCUT2D eigenvalue weighted by Gasteiger charge is -2.31. The lowest BCUT2D eigenvalue weighted by molar-refractivity contribution is -0.126. The normalized spacial score (nSPS) is 14.6. The Labute approximate surface area is 201 Å².